The lowest BCUT2D eigenvalue weighted by Crippen LogP contribution is -2.10. The molecule has 7 rings (SSSR count). The van der Waals surface area contributed by atoms with E-state index in [0.29, 0.717) is 62.9 Å². The van der Waals surface area contributed by atoms with Gasteiger partial charge in [0.25, 0.3) is 0 Å². The molecule has 3 heterocycles. The number of rotatable bonds is 16. The molecule has 232 valence electrons. The van der Waals surface area contributed by atoms with Crippen LogP contribution in [-0.4, -0.2) is 70.0 Å². The van der Waals surface area contributed by atoms with Crippen molar-refractivity contribution < 1.29 is 37.9 Å². The average Bonchev–Trinajstić information content (AvgIpc) is 3.97. The molecule has 2 saturated heterocycles. The third kappa shape index (κ3) is 8.40. The molecule has 2 aliphatic heterocycles. The standard InChI is InChI=1S/C36H35NO8/c1-24-14-35(44-31-8-4-25-16-29(6-2-27(25)18-31)40-12-10-38-20-33-22-42-33)37-36(15-24)45-32-9-5-26-17-30(7-3-28(26)19-32)41-13-11-39-21-34-23-43-34/h2-9,14-19,33-34H,10-13,20-23H2,1H3. The van der Waals surface area contributed by atoms with Gasteiger partial charge in [-0.3, -0.25) is 0 Å². The summed E-state index contributed by atoms with van der Waals surface area (Å²) in [6, 6.07) is 27.6. The fourth-order valence-electron chi connectivity index (χ4n) is 4.86. The number of ether oxygens (including phenoxy) is 8. The Bertz CT molecular complexity index is 1640. The molecule has 2 aliphatic rings. The molecule has 0 aliphatic carbocycles. The first-order valence-electron chi connectivity index (χ1n) is 15.2. The highest BCUT2D eigenvalue weighted by Crippen LogP contribution is 2.31. The molecule has 2 unspecified atom stereocenters. The quantitative estimate of drug-likeness (QED) is 0.0878. The zero-order valence-electron chi connectivity index (χ0n) is 25.1. The molecular formula is C36H35NO8. The SMILES string of the molecule is Cc1cc(Oc2ccc3cc(OCCOCC4CO4)ccc3c2)nc(Oc2ccc3cc(OCCOCC4CO4)ccc3c2)c1. The zero-order chi connectivity index (χ0) is 30.4. The monoisotopic (exact) mass is 609 g/mol. The van der Waals surface area contributed by atoms with Gasteiger partial charge in [-0.1, -0.05) is 24.3 Å². The fraction of sp³-hybridized carbons (Fsp3) is 0.306. The Labute approximate surface area is 261 Å². The van der Waals surface area contributed by atoms with Crippen molar-refractivity contribution in [3.8, 4) is 34.8 Å². The number of nitrogens with zero attached hydrogens (tertiary/aromatic N) is 1. The number of hydrogen-bond acceptors (Lipinski definition) is 9. The molecule has 0 saturated carbocycles. The van der Waals surface area contributed by atoms with Crippen molar-refractivity contribution in [3.63, 3.8) is 0 Å². The molecule has 0 radical (unpaired) electrons. The first-order valence-corrected chi connectivity index (χ1v) is 15.2. The third-order valence-corrected chi connectivity index (χ3v) is 7.34. The Hall–Kier alpha value is -4.41. The van der Waals surface area contributed by atoms with Gasteiger partial charge in [0.15, 0.2) is 0 Å². The van der Waals surface area contributed by atoms with E-state index in [1.807, 2.05) is 91.9 Å². The van der Waals surface area contributed by atoms with Crippen LogP contribution < -0.4 is 18.9 Å². The van der Waals surface area contributed by atoms with Gasteiger partial charge in [0.2, 0.25) is 11.8 Å². The second-order valence-corrected chi connectivity index (χ2v) is 11.1. The van der Waals surface area contributed by atoms with Gasteiger partial charge < -0.3 is 37.9 Å². The second-order valence-electron chi connectivity index (χ2n) is 11.1. The molecule has 0 amide bonds. The maximum atomic E-state index is 6.16. The number of fused-ring (bicyclic) bond motifs is 2. The van der Waals surface area contributed by atoms with Crippen LogP contribution in [0.5, 0.6) is 34.8 Å². The summed E-state index contributed by atoms with van der Waals surface area (Å²) in [6.45, 7) is 6.88. The largest absolute Gasteiger partial charge is 0.491 e. The van der Waals surface area contributed by atoms with E-state index in [9.17, 15) is 0 Å². The number of hydrogen-bond donors (Lipinski definition) is 0. The van der Waals surface area contributed by atoms with Crippen molar-refractivity contribution in [2.24, 2.45) is 0 Å². The summed E-state index contributed by atoms with van der Waals surface area (Å²) in [5.74, 6) is 3.88. The molecule has 0 spiro atoms. The van der Waals surface area contributed by atoms with Crippen LogP contribution in [-0.2, 0) is 18.9 Å². The first-order chi connectivity index (χ1) is 22.1. The minimum atomic E-state index is 0.264. The minimum Gasteiger partial charge on any atom is -0.491 e. The van der Waals surface area contributed by atoms with E-state index in [1.165, 1.54) is 0 Å². The van der Waals surface area contributed by atoms with E-state index in [4.69, 9.17) is 37.9 Å². The molecule has 45 heavy (non-hydrogen) atoms. The lowest BCUT2D eigenvalue weighted by Gasteiger charge is -2.12. The molecule has 0 N–H and O–H groups in total. The van der Waals surface area contributed by atoms with E-state index >= 15 is 0 Å². The van der Waals surface area contributed by atoms with Crippen LogP contribution in [0.2, 0.25) is 0 Å². The normalized spacial score (nSPS) is 16.9. The lowest BCUT2D eigenvalue weighted by atomic mass is 10.1. The van der Waals surface area contributed by atoms with Crippen molar-refractivity contribution in [1.82, 2.24) is 4.98 Å². The van der Waals surface area contributed by atoms with Crippen molar-refractivity contribution >= 4 is 21.5 Å². The van der Waals surface area contributed by atoms with Gasteiger partial charge in [0, 0.05) is 12.1 Å². The van der Waals surface area contributed by atoms with Crippen LogP contribution in [0, 0.1) is 6.92 Å². The van der Waals surface area contributed by atoms with Gasteiger partial charge >= 0.3 is 0 Å². The summed E-state index contributed by atoms with van der Waals surface area (Å²) < 4.78 is 45.4. The third-order valence-electron chi connectivity index (χ3n) is 7.34. The Morgan fingerprint density at radius 2 is 0.956 bits per heavy atom. The van der Waals surface area contributed by atoms with Crippen LogP contribution in [0.1, 0.15) is 5.56 Å². The highest BCUT2D eigenvalue weighted by atomic mass is 16.6. The Balaban J connectivity index is 0.951. The molecule has 5 aromatic rings. The van der Waals surface area contributed by atoms with E-state index in [0.717, 1.165) is 51.8 Å². The van der Waals surface area contributed by atoms with Crippen LogP contribution in [0.4, 0.5) is 0 Å². The number of aryl methyl sites for hydroxylation is 1. The summed E-state index contributed by atoms with van der Waals surface area (Å²) in [5, 5.41) is 4.18. The molecule has 9 heteroatoms. The summed E-state index contributed by atoms with van der Waals surface area (Å²) in [5.41, 5.74) is 0.974. The van der Waals surface area contributed by atoms with Gasteiger partial charge in [0.05, 0.1) is 39.6 Å². The van der Waals surface area contributed by atoms with Crippen molar-refractivity contribution in [2.75, 3.05) is 52.9 Å². The van der Waals surface area contributed by atoms with E-state index in [1.54, 1.807) is 0 Å². The molecule has 4 aromatic carbocycles. The predicted molar refractivity (Wildman–Crippen MR) is 169 cm³/mol. The van der Waals surface area contributed by atoms with Gasteiger partial charge in [0.1, 0.15) is 48.4 Å². The highest BCUT2D eigenvalue weighted by molar-refractivity contribution is 5.86. The summed E-state index contributed by atoms with van der Waals surface area (Å²) in [4.78, 5) is 4.62. The maximum Gasteiger partial charge on any atom is 0.222 e. The predicted octanol–water partition coefficient (Wildman–Crippen LogP) is 6.87. The minimum absolute atomic E-state index is 0.264. The Kier molecular flexibility index (Phi) is 8.93. The van der Waals surface area contributed by atoms with E-state index in [2.05, 4.69) is 4.98 Å². The molecule has 2 fully saturated rings. The Morgan fingerprint density at radius 3 is 1.38 bits per heavy atom. The summed E-state index contributed by atoms with van der Waals surface area (Å²) in [7, 11) is 0. The van der Waals surface area contributed by atoms with Crippen molar-refractivity contribution in [3.05, 3.63) is 90.5 Å². The topological polar surface area (TPSA) is 93.3 Å². The molecular weight excluding hydrogens is 574 g/mol. The van der Waals surface area contributed by atoms with Gasteiger partial charge in [-0.25, -0.2) is 0 Å². The van der Waals surface area contributed by atoms with Gasteiger partial charge in [-0.15, -0.1) is 0 Å². The van der Waals surface area contributed by atoms with E-state index in [-0.39, 0.29) is 12.2 Å². The molecule has 1 aromatic heterocycles. The number of benzene rings is 4. The summed E-state index contributed by atoms with van der Waals surface area (Å²) in [6.07, 6.45) is 0.529. The number of pyridine rings is 1. The highest BCUT2D eigenvalue weighted by Gasteiger charge is 2.22. The van der Waals surface area contributed by atoms with E-state index < -0.39 is 0 Å². The van der Waals surface area contributed by atoms with Gasteiger partial charge in [-0.2, -0.15) is 4.98 Å². The van der Waals surface area contributed by atoms with Crippen molar-refractivity contribution in [1.29, 1.82) is 0 Å². The van der Waals surface area contributed by atoms with Crippen LogP contribution >= 0.6 is 0 Å². The molecule has 9 nitrogen and oxygen atoms in total. The average molecular weight is 610 g/mol. The lowest BCUT2D eigenvalue weighted by molar-refractivity contribution is 0.0879. The van der Waals surface area contributed by atoms with Crippen LogP contribution in [0.3, 0.4) is 0 Å². The Morgan fingerprint density at radius 1 is 0.556 bits per heavy atom. The maximum absolute atomic E-state index is 6.16. The zero-order valence-corrected chi connectivity index (χ0v) is 25.1. The second kappa shape index (κ2) is 13.7. The molecule has 0 bridgehead atoms. The number of epoxide rings is 2. The smallest absolute Gasteiger partial charge is 0.222 e. The van der Waals surface area contributed by atoms with Crippen molar-refractivity contribution in [2.45, 2.75) is 19.1 Å². The molecule has 2 atom stereocenters. The number of aromatic nitrogens is 1. The summed E-state index contributed by atoms with van der Waals surface area (Å²) >= 11 is 0. The van der Waals surface area contributed by atoms with Crippen LogP contribution in [0.15, 0.2) is 84.9 Å². The van der Waals surface area contributed by atoms with Crippen LogP contribution in [0.25, 0.3) is 21.5 Å². The fourth-order valence-corrected chi connectivity index (χ4v) is 4.86. The van der Waals surface area contributed by atoms with Gasteiger partial charge in [-0.05, 0) is 82.6 Å². The first kappa shape index (κ1) is 29.3.